The van der Waals surface area contributed by atoms with Crippen molar-refractivity contribution in [2.45, 2.75) is 6.92 Å². The molecule has 1 aliphatic rings. The van der Waals surface area contributed by atoms with E-state index < -0.39 is 0 Å². The maximum atomic E-state index is 5.62. The van der Waals surface area contributed by atoms with Gasteiger partial charge in [-0.2, -0.15) is 0 Å². The van der Waals surface area contributed by atoms with Crippen LogP contribution in [0.5, 0.6) is 0 Å². The number of nitrogens with zero attached hydrogens (tertiary/aromatic N) is 1. The second-order valence-corrected chi connectivity index (χ2v) is 4.96. The van der Waals surface area contributed by atoms with Crippen LogP contribution in [0.4, 0.5) is 0 Å². The van der Waals surface area contributed by atoms with E-state index in [1.807, 2.05) is 43.3 Å². The maximum Gasteiger partial charge on any atom is 0.136 e. The van der Waals surface area contributed by atoms with E-state index in [2.05, 4.69) is 28.4 Å². The van der Waals surface area contributed by atoms with Crippen LogP contribution < -0.4 is 0 Å². The zero-order chi connectivity index (χ0) is 13.8. The van der Waals surface area contributed by atoms with Crippen molar-refractivity contribution in [1.29, 1.82) is 0 Å². The lowest BCUT2D eigenvalue weighted by atomic mass is 10.0. The summed E-state index contributed by atoms with van der Waals surface area (Å²) in [7, 11) is 0. The summed E-state index contributed by atoms with van der Waals surface area (Å²) in [5, 5.41) is 1.69. The Labute approximate surface area is 122 Å². The molecule has 0 radical (unpaired) electrons. The van der Waals surface area contributed by atoms with Crippen LogP contribution in [0.1, 0.15) is 12.5 Å². The van der Waals surface area contributed by atoms with Crippen LogP contribution in [0.15, 0.2) is 58.7 Å². The van der Waals surface area contributed by atoms with Crippen molar-refractivity contribution in [2.24, 2.45) is 0 Å². The van der Waals surface area contributed by atoms with Crippen LogP contribution in [-0.4, -0.2) is 11.7 Å². The second-order valence-electron chi connectivity index (χ2n) is 4.11. The molecule has 2 nitrogen and oxygen atoms in total. The van der Waals surface area contributed by atoms with Gasteiger partial charge in [0, 0.05) is 10.0 Å². The van der Waals surface area contributed by atoms with Gasteiger partial charge in [0.2, 0.25) is 0 Å². The number of rotatable bonds is 3. The van der Waals surface area contributed by atoms with Crippen molar-refractivity contribution >= 4 is 21.6 Å². The first kappa shape index (κ1) is 13.7. The molecular weight excluding hydrogens is 302 g/mol. The summed E-state index contributed by atoms with van der Waals surface area (Å²) in [4.78, 5) is 5.62. The molecule has 3 heteroatoms. The molecule has 0 bridgehead atoms. The highest BCUT2D eigenvalue weighted by molar-refractivity contribution is 9.12. The van der Waals surface area contributed by atoms with Gasteiger partial charge >= 0.3 is 0 Å². The lowest BCUT2D eigenvalue weighted by molar-refractivity contribution is -0.0618. The van der Waals surface area contributed by atoms with E-state index in [0.29, 0.717) is 0 Å². The van der Waals surface area contributed by atoms with Crippen LogP contribution in [0.3, 0.4) is 0 Å². The van der Waals surface area contributed by atoms with Gasteiger partial charge in [0.15, 0.2) is 0 Å². The minimum atomic E-state index is 0.197. The zero-order valence-corrected chi connectivity index (χ0v) is 12.3. The average molecular weight is 316 g/mol. The molecule has 1 heterocycles. The summed E-state index contributed by atoms with van der Waals surface area (Å²) in [6, 6.07) is 10.0. The molecule has 1 aromatic carbocycles. The Morgan fingerprint density at radius 3 is 2.68 bits per heavy atom. The van der Waals surface area contributed by atoms with E-state index in [9.17, 15) is 0 Å². The molecule has 0 saturated heterocycles. The topological polar surface area (TPSA) is 12.5 Å². The molecule has 19 heavy (non-hydrogen) atoms. The number of terminal acetylenes is 1. The first-order valence-electron chi connectivity index (χ1n) is 5.84. The lowest BCUT2D eigenvalue weighted by Crippen LogP contribution is -2.25. The van der Waals surface area contributed by atoms with E-state index in [1.54, 1.807) is 5.06 Å². The van der Waals surface area contributed by atoms with Gasteiger partial charge in [0.05, 0.1) is 11.4 Å². The standard InChI is InChI=1S/C16H14BrNO/c1-4-10-19-18-13(3)15(17)11-12(2)16(18)14-8-6-5-7-9-14/h1,5-9,11H,3,10H2,2H3. The molecule has 0 aromatic heterocycles. The van der Waals surface area contributed by atoms with Crippen molar-refractivity contribution in [3.8, 4) is 12.3 Å². The summed E-state index contributed by atoms with van der Waals surface area (Å²) in [5.41, 5.74) is 3.85. The highest BCUT2D eigenvalue weighted by atomic mass is 79.9. The fraction of sp³-hybridized carbons (Fsp3) is 0.125. The van der Waals surface area contributed by atoms with Crippen molar-refractivity contribution in [3.05, 3.63) is 64.3 Å². The normalized spacial score (nSPS) is 15.3. The third-order valence-corrected chi connectivity index (χ3v) is 3.45. The molecule has 96 valence electrons. The Morgan fingerprint density at radius 2 is 2.05 bits per heavy atom. The number of hydrogen-bond acceptors (Lipinski definition) is 2. The van der Waals surface area contributed by atoms with E-state index in [0.717, 1.165) is 27.0 Å². The maximum absolute atomic E-state index is 5.62. The molecule has 0 unspecified atom stereocenters. The lowest BCUT2D eigenvalue weighted by Gasteiger charge is -2.31. The number of halogens is 1. The Morgan fingerprint density at radius 1 is 1.37 bits per heavy atom. The van der Waals surface area contributed by atoms with Gasteiger partial charge in [-0.15, -0.1) is 6.42 Å². The van der Waals surface area contributed by atoms with E-state index in [-0.39, 0.29) is 6.61 Å². The molecule has 0 aliphatic carbocycles. The van der Waals surface area contributed by atoms with E-state index in [4.69, 9.17) is 11.3 Å². The fourth-order valence-corrected chi connectivity index (χ4v) is 2.42. The summed E-state index contributed by atoms with van der Waals surface area (Å²) in [6.07, 6.45) is 7.30. The predicted molar refractivity (Wildman–Crippen MR) is 81.8 cm³/mol. The quantitative estimate of drug-likeness (QED) is 0.779. The van der Waals surface area contributed by atoms with Gasteiger partial charge < -0.3 is 0 Å². The Hall–Kier alpha value is -1.76. The molecule has 1 aliphatic heterocycles. The van der Waals surface area contributed by atoms with Gasteiger partial charge in [-0.3, -0.25) is 4.84 Å². The third-order valence-electron chi connectivity index (χ3n) is 2.76. The van der Waals surface area contributed by atoms with E-state index >= 15 is 0 Å². The highest BCUT2D eigenvalue weighted by Crippen LogP contribution is 2.36. The highest BCUT2D eigenvalue weighted by Gasteiger charge is 2.23. The summed E-state index contributed by atoms with van der Waals surface area (Å²) < 4.78 is 0.890. The van der Waals surface area contributed by atoms with Crippen LogP contribution in [0.2, 0.25) is 0 Å². The molecule has 0 spiro atoms. The first-order chi connectivity index (χ1) is 9.15. The Balaban J connectivity index is 2.48. The predicted octanol–water partition coefficient (Wildman–Crippen LogP) is 4.09. The van der Waals surface area contributed by atoms with Crippen LogP contribution in [0.25, 0.3) is 5.70 Å². The van der Waals surface area contributed by atoms with Crippen molar-refractivity contribution in [3.63, 3.8) is 0 Å². The summed E-state index contributed by atoms with van der Waals surface area (Å²) >= 11 is 3.48. The van der Waals surface area contributed by atoms with Crippen molar-refractivity contribution in [1.82, 2.24) is 5.06 Å². The summed E-state index contributed by atoms with van der Waals surface area (Å²) in [5.74, 6) is 2.47. The van der Waals surface area contributed by atoms with Gasteiger partial charge in [0.25, 0.3) is 0 Å². The second kappa shape index (κ2) is 5.92. The van der Waals surface area contributed by atoms with E-state index in [1.165, 1.54) is 0 Å². The van der Waals surface area contributed by atoms with Crippen molar-refractivity contribution in [2.75, 3.05) is 6.61 Å². The largest absolute Gasteiger partial charge is 0.256 e. The molecule has 0 atom stereocenters. The fourth-order valence-electron chi connectivity index (χ4n) is 1.92. The monoisotopic (exact) mass is 315 g/mol. The minimum absolute atomic E-state index is 0.197. The SMILES string of the molecule is C#CCON1C(=C)C(Br)=CC(C)=C1c1ccccc1. The molecule has 0 N–H and O–H groups in total. The number of benzene rings is 1. The zero-order valence-electron chi connectivity index (χ0n) is 10.7. The van der Waals surface area contributed by atoms with Gasteiger partial charge in [-0.25, -0.2) is 5.06 Å². The molecule has 1 aromatic rings. The summed E-state index contributed by atoms with van der Waals surface area (Å²) in [6.45, 7) is 6.25. The van der Waals surface area contributed by atoms with Gasteiger partial charge in [-0.05, 0) is 34.5 Å². The van der Waals surface area contributed by atoms with Crippen molar-refractivity contribution < 1.29 is 4.84 Å². The number of allylic oxidation sites excluding steroid dienone is 3. The Bertz CT molecular complexity index is 593. The molecule has 2 rings (SSSR count). The number of hydroxylamine groups is 2. The van der Waals surface area contributed by atoms with Crippen LogP contribution in [0, 0.1) is 12.3 Å². The third kappa shape index (κ3) is 2.81. The minimum Gasteiger partial charge on any atom is -0.256 e. The smallest absolute Gasteiger partial charge is 0.136 e. The Kier molecular flexibility index (Phi) is 4.26. The number of hydrogen-bond donors (Lipinski definition) is 0. The average Bonchev–Trinajstić information content (AvgIpc) is 2.42. The van der Waals surface area contributed by atoms with Crippen LogP contribution >= 0.6 is 15.9 Å². The van der Waals surface area contributed by atoms with Crippen LogP contribution in [-0.2, 0) is 4.84 Å². The van der Waals surface area contributed by atoms with Gasteiger partial charge in [0.1, 0.15) is 6.61 Å². The molecule has 0 fully saturated rings. The first-order valence-corrected chi connectivity index (χ1v) is 6.63. The molecule has 0 saturated carbocycles. The molecular formula is C16H14BrNO. The molecule has 0 amide bonds. The van der Waals surface area contributed by atoms with Gasteiger partial charge in [-0.1, -0.05) is 42.8 Å².